The molecule has 2 aromatic rings. The molecule has 0 spiro atoms. The predicted molar refractivity (Wildman–Crippen MR) is 283 cm³/mol. The minimum absolute atomic E-state index is 0.0271. The van der Waals surface area contributed by atoms with Crippen molar-refractivity contribution < 1.29 is 67.2 Å². The highest BCUT2D eigenvalue weighted by Gasteiger charge is 2.48. The molecule has 2 aromatic carbocycles. The molecule has 0 bridgehead atoms. The summed E-state index contributed by atoms with van der Waals surface area (Å²) in [5.74, 6) is 7.61. The summed E-state index contributed by atoms with van der Waals surface area (Å²) < 4.78 is 21.4. The molecule has 1 N–H and O–H groups in total. The second-order valence-corrected chi connectivity index (χ2v) is 20.8. The molecule has 4 aliphatic heterocycles. The Morgan fingerprint density at radius 3 is 1.41 bits per heavy atom. The fourth-order valence-corrected chi connectivity index (χ4v) is 8.25. The number of Topliss-reactive ketones (excluding diaryl/α,β-unsaturated/α-hetero) is 1. The van der Waals surface area contributed by atoms with Crippen LogP contribution in [0.25, 0.3) is 0 Å². The number of nitrogens with zero attached hydrogens (tertiary/aromatic N) is 6. The minimum atomic E-state index is -1.12. The van der Waals surface area contributed by atoms with Crippen LogP contribution in [0.5, 0.6) is 11.5 Å². The zero-order valence-corrected chi connectivity index (χ0v) is 45.9. The lowest BCUT2D eigenvalue weighted by Crippen LogP contribution is -2.57. The number of rotatable bonds is 14. The summed E-state index contributed by atoms with van der Waals surface area (Å²) in [7, 11) is 0. The van der Waals surface area contributed by atoms with E-state index >= 15 is 0 Å². The van der Waals surface area contributed by atoms with Crippen LogP contribution in [0.3, 0.4) is 0 Å². The van der Waals surface area contributed by atoms with Gasteiger partial charge in [-0.05, 0) is 136 Å². The fraction of sp³-hybridized carbons (Fsp3) is 0.537. The fourth-order valence-electron chi connectivity index (χ4n) is 7.98. The molecule has 4 heterocycles. The maximum atomic E-state index is 13.2. The Morgan fingerprint density at radius 1 is 0.645 bits per heavy atom. The van der Waals surface area contributed by atoms with E-state index < -0.39 is 64.7 Å². The maximum Gasteiger partial charge on any atom is 0.424 e. The first-order chi connectivity index (χ1) is 35.7. The third-order valence-electron chi connectivity index (χ3n) is 11.5. The summed E-state index contributed by atoms with van der Waals surface area (Å²) in [6.45, 7) is 14.6. The molecule has 3 unspecified atom stereocenters. The first-order valence-electron chi connectivity index (χ1n) is 24.8. The Kier molecular flexibility index (Phi) is 22.5. The third kappa shape index (κ3) is 17.9. The zero-order chi connectivity index (χ0) is 56.5. The number of hydrogen-bond donors (Lipinski definition) is 1. The van der Waals surface area contributed by atoms with E-state index in [1.807, 2.05) is 0 Å². The standard InChI is InChI=1S/C27H34ClN3O7.C22H25N3O6.C5H9ClO/c1-26(2,3)38-25(35)31-22(32)12-11-21(23(31)33)30-17-16-29(24(30)34)19-7-9-20(10-8-19)37-18-6-14-27(4,36)13-5-15-28;1-5-14-30-16-8-6-15(7-9-16)23-12-13-24(20(23)28)17-10-11-18(26)25(19(17)27)21(29)31-22(2,3)4;1-5(7)3-2-4-6/h7-10,21,36H,5,11-13,15-18H2,1-4H3;1,6-9,17H,10-14H2,2-4H3;2-4H2,1H3. The van der Waals surface area contributed by atoms with Gasteiger partial charge in [0.05, 0.1) is 0 Å². The number of carbonyl (C=O) groups excluding carboxylic acids is 9. The lowest BCUT2D eigenvalue weighted by Gasteiger charge is -2.34. The van der Waals surface area contributed by atoms with Crippen molar-refractivity contribution in [1.29, 1.82) is 0 Å². The molecule has 0 radical (unpaired) electrons. The lowest BCUT2D eigenvalue weighted by molar-refractivity contribution is -0.152. The van der Waals surface area contributed by atoms with Crippen LogP contribution in [0.15, 0.2) is 48.5 Å². The lowest BCUT2D eigenvalue weighted by atomic mass is 10.0. The Hall–Kier alpha value is -6.87. The molecule has 22 heteroatoms. The first kappa shape index (κ1) is 61.7. The van der Waals surface area contributed by atoms with Crippen LogP contribution in [0.2, 0.25) is 0 Å². The second kappa shape index (κ2) is 27.8. The molecule has 20 nitrogen and oxygen atoms in total. The van der Waals surface area contributed by atoms with Crippen molar-refractivity contribution in [2.75, 3.05) is 61.0 Å². The molecule has 0 aliphatic carbocycles. The van der Waals surface area contributed by atoms with Crippen molar-refractivity contribution in [3.05, 3.63) is 48.5 Å². The molecule has 10 amide bonds. The third-order valence-corrected chi connectivity index (χ3v) is 12.0. The van der Waals surface area contributed by atoms with Gasteiger partial charge < -0.3 is 38.6 Å². The predicted octanol–water partition coefficient (Wildman–Crippen LogP) is 7.52. The maximum absolute atomic E-state index is 13.2. The number of amides is 10. The number of imide groups is 6. The number of ketones is 1. The Balaban J connectivity index is 0.000000296. The van der Waals surface area contributed by atoms with E-state index in [0.29, 0.717) is 83.3 Å². The van der Waals surface area contributed by atoms with Gasteiger partial charge in [0.15, 0.2) is 0 Å². The van der Waals surface area contributed by atoms with E-state index in [9.17, 15) is 48.3 Å². The second-order valence-electron chi connectivity index (χ2n) is 20.1. The van der Waals surface area contributed by atoms with Gasteiger partial charge in [0.2, 0.25) is 11.8 Å². The number of anilines is 2. The highest BCUT2D eigenvalue weighted by molar-refractivity contribution is 6.18. The number of carbonyl (C=O) groups is 9. The number of likely N-dealkylation sites (tertiary alicyclic amines) is 2. The average molecular weight is 1100 g/mol. The monoisotopic (exact) mass is 1090 g/mol. The highest BCUT2D eigenvalue weighted by atomic mass is 35.5. The highest BCUT2D eigenvalue weighted by Crippen LogP contribution is 2.31. The number of ether oxygens (including phenoxy) is 4. The summed E-state index contributed by atoms with van der Waals surface area (Å²) in [5.41, 5.74) is -1.61. The van der Waals surface area contributed by atoms with Gasteiger partial charge in [0.1, 0.15) is 59.4 Å². The van der Waals surface area contributed by atoms with Gasteiger partial charge in [-0.2, -0.15) is 9.80 Å². The topological polar surface area (TPSA) is 230 Å². The Bertz CT molecular complexity index is 2540. The summed E-state index contributed by atoms with van der Waals surface area (Å²) in [6.07, 6.45) is 5.94. The number of terminal acetylenes is 1. The largest absolute Gasteiger partial charge is 0.481 e. The quantitative estimate of drug-likeness (QED) is 0.110. The molecule has 4 aliphatic rings. The Labute approximate surface area is 454 Å². The van der Waals surface area contributed by atoms with Crippen molar-refractivity contribution in [3.8, 4) is 35.7 Å². The Morgan fingerprint density at radius 2 is 1.05 bits per heavy atom. The number of urea groups is 2. The van der Waals surface area contributed by atoms with Crippen molar-refractivity contribution in [2.45, 2.75) is 136 Å². The van der Waals surface area contributed by atoms with Gasteiger partial charge >= 0.3 is 24.2 Å². The zero-order valence-electron chi connectivity index (χ0n) is 44.4. The molecule has 6 rings (SSSR count). The van der Waals surface area contributed by atoms with Gasteiger partial charge in [-0.15, -0.1) is 29.6 Å². The molecule has 4 saturated heterocycles. The number of piperidine rings is 2. The van der Waals surface area contributed by atoms with E-state index in [0.717, 1.165) is 6.42 Å². The van der Waals surface area contributed by atoms with Gasteiger partial charge in [0, 0.05) is 68.6 Å². The number of aliphatic hydroxyl groups is 1. The van der Waals surface area contributed by atoms with Gasteiger partial charge in [-0.25, -0.2) is 19.2 Å². The normalized spacial score (nSPS) is 18.6. The average Bonchev–Trinajstić information content (AvgIpc) is 3.92. The number of alkyl halides is 2. The SMILES string of the molecule is C#CCOc1ccc(N2CCN(C3CCC(=O)N(C(=O)OC(C)(C)C)C3=O)C2=O)cc1.CC(=O)CCCCl.CC(O)(C#CCOc1ccc(N2CCN(C3CCC(=O)N(C(=O)OC(C)(C)C)C3=O)C2=O)cc1)CCCCl. The van der Waals surface area contributed by atoms with Crippen molar-refractivity contribution in [3.63, 3.8) is 0 Å². The van der Waals surface area contributed by atoms with E-state index in [4.69, 9.17) is 48.6 Å². The van der Waals surface area contributed by atoms with Crippen LogP contribution in [0, 0.1) is 24.2 Å². The molecule has 4 fully saturated rings. The van der Waals surface area contributed by atoms with Crippen LogP contribution in [-0.4, -0.2) is 158 Å². The molecule has 76 heavy (non-hydrogen) atoms. The van der Waals surface area contributed by atoms with Crippen molar-refractivity contribution >= 4 is 88.2 Å². The van der Waals surface area contributed by atoms with Crippen molar-refractivity contribution in [1.82, 2.24) is 19.6 Å². The summed E-state index contributed by atoms with van der Waals surface area (Å²) in [5, 5.41) is 10.2. The van der Waals surface area contributed by atoms with E-state index in [1.54, 1.807) is 104 Å². The van der Waals surface area contributed by atoms with Crippen LogP contribution in [0.4, 0.5) is 30.6 Å². The molecule has 0 saturated carbocycles. The van der Waals surface area contributed by atoms with Crippen LogP contribution >= 0.6 is 23.2 Å². The van der Waals surface area contributed by atoms with Crippen LogP contribution in [-0.2, 0) is 33.4 Å². The number of hydrogen-bond acceptors (Lipinski definition) is 14. The minimum Gasteiger partial charge on any atom is -0.481 e. The first-order valence-corrected chi connectivity index (χ1v) is 25.9. The molecule has 3 atom stereocenters. The molecule has 0 aromatic heterocycles. The van der Waals surface area contributed by atoms with E-state index in [2.05, 4.69) is 17.8 Å². The van der Waals surface area contributed by atoms with Gasteiger partial charge in [-0.1, -0.05) is 17.8 Å². The summed E-state index contributed by atoms with van der Waals surface area (Å²) in [6, 6.07) is 11.1. The van der Waals surface area contributed by atoms with Gasteiger partial charge in [-0.3, -0.25) is 29.0 Å². The van der Waals surface area contributed by atoms with Crippen molar-refractivity contribution in [2.24, 2.45) is 0 Å². The number of halogens is 2. The van der Waals surface area contributed by atoms with Gasteiger partial charge in [0.25, 0.3) is 11.8 Å². The smallest absolute Gasteiger partial charge is 0.424 e. The molecular formula is C54H68Cl2N6O14. The number of benzene rings is 2. The van der Waals surface area contributed by atoms with Crippen LogP contribution < -0.4 is 19.3 Å². The molecular weight excluding hydrogens is 1030 g/mol. The van der Waals surface area contributed by atoms with Crippen LogP contribution in [0.1, 0.15) is 107 Å². The summed E-state index contributed by atoms with van der Waals surface area (Å²) in [4.78, 5) is 119. The van der Waals surface area contributed by atoms with E-state index in [1.165, 1.54) is 19.6 Å². The van der Waals surface area contributed by atoms with E-state index in [-0.39, 0.29) is 63.3 Å². The molecule has 412 valence electrons. The summed E-state index contributed by atoms with van der Waals surface area (Å²) >= 11 is 10.9.